The van der Waals surface area contributed by atoms with E-state index in [1.165, 1.54) is 17.1 Å². The molecule has 0 aliphatic rings. The third-order valence-electron chi connectivity index (χ3n) is 1.33. The van der Waals surface area contributed by atoms with Crippen molar-refractivity contribution in [3.05, 3.63) is 15.5 Å². The molecule has 0 spiro atoms. The van der Waals surface area contributed by atoms with Crippen molar-refractivity contribution in [2.45, 2.75) is 26.2 Å². The van der Waals surface area contributed by atoms with Gasteiger partial charge in [-0.1, -0.05) is 20.8 Å². The molecule has 1 heterocycles. The van der Waals surface area contributed by atoms with Crippen LogP contribution >= 0.6 is 27.5 Å². The third-order valence-corrected chi connectivity index (χ3v) is 2.79. The standard InChI is InChI=1S/C7H10BrNS/c1-7(2,3)5-4-9-10-6(5)8/h4H,1-3H3. The van der Waals surface area contributed by atoms with E-state index in [0.717, 1.165) is 3.79 Å². The average Bonchev–Trinajstić information content (AvgIpc) is 2.11. The predicted molar refractivity (Wildman–Crippen MR) is 48.5 cm³/mol. The highest BCUT2D eigenvalue weighted by Gasteiger charge is 2.18. The first-order chi connectivity index (χ1) is 4.52. The van der Waals surface area contributed by atoms with Crippen LogP contribution in [0.5, 0.6) is 0 Å². The van der Waals surface area contributed by atoms with Gasteiger partial charge in [0.1, 0.15) is 0 Å². The van der Waals surface area contributed by atoms with E-state index in [9.17, 15) is 0 Å². The molecule has 10 heavy (non-hydrogen) atoms. The third kappa shape index (κ3) is 1.58. The van der Waals surface area contributed by atoms with Gasteiger partial charge in [0.2, 0.25) is 0 Å². The highest BCUT2D eigenvalue weighted by Crippen LogP contribution is 2.31. The van der Waals surface area contributed by atoms with Crippen LogP contribution in [0.4, 0.5) is 0 Å². The normalized spacial score (nSPS) is 12.0. The predicted octanol–water partition coefficient (Wildman–Crippen LogP) is 3.20. The number of hydrogen-bond acceptors (Lipinski definition) is 2. The topological polar surface area (TPSA) is 12.9 Å². The van der Waals surface area contributed by atoms with Crippen LogP contribution in [-0.4, -0.2) is 4.37 Å². The summed E-state index contributed by atoms with van der Waals surface area (Å²) >= 11 is 4.96. The van der Waals surface area contributed by atoms with Crippen LogP contribution < -0.4 is 0 Å². The maximum absolute atomic E-state index is 4.08. The lowest BCUT2D eigenvalue weighted by Gasteiger charge is -2.16. The molecule has 0 saturated heterocycles. The monoisotopic (exact) mass is 219 g/mol. The van der Waals surface area contributed by atoms with Gasteiger partial charge in [0.15, 0.2) is 0 Å². The molecule has 0 bridgehead atoms. The van der Waals surface area contributed by atoms with E-state index in [1.54, 1.807) is 0 Å². The second-order valence-corrected chi connectivity index (χ2v) is 5.38. The molecule has 0 aliphatic carbocycles. The van der Waals surface area contributed by atoms with Gasteiger partial charge in [0.05, 0.1) is 3.79 Å². The van der Waals surface area contributed by atoms with Gasteiger partial charge in [-0.2, -0.15) is 4.37 Å². The maximum atomic E-state index is 4.08. The lowest BCUT2D eigenvalue weighted by atomic mass is 9.90. The summed E-state index contributed by atoms with van der Waals surface area (Å²) in [6, 6.07) is 0. The second kappa shape index (κ2) is 2.62. The summed E-state index contributed by atoms with van der Waals surface area (Å²) in [5.41, 5.74) is 1.50. The minimum absolute atomic E-state index is 0.214. The summed E-state index contributed by atoms with van der Waals surface area (Å²) in [6.45, 7) is 6.55. The quantitative estimate of drug-likeness (QED) is 0.654. The van der Waals surface area contributed by atoms with Gasteiger partial charge in [-0.3, -0.25) is 0 Å². The number of aromatic nitrogens is 1. The fourth-order valence-electron chi connectivity index (χ4n) is 0.714. The van der Waals surface area contributed by atoms with Crippen molar-refractivity contribution in [1.82, 2.24) is 4.37 Å². The van der Waals surface area contributed by atoms with Crippen molar-refractivity contribution >= 4 is 27.5 Å². The van der Waals surface area contributed by atoms with Crippen molar-refractivity contribution in [3.8, 4) is 0 Å². The number of nitrogens with zero attached hydrogens (tertiary/aromatic N) is 1. The molecule has 0 fully saturated rings. The number of halogens is 1. The van der Waals surface area contributed by atoms with Crippen molar-refractivity contribution in [1.29, 1.82) is 0 Å². The summed E-state index contributed by atoms with van der Waals surface area (Å²) in [4.78, 5) is 0. The minimum atomic E-state index is 0.214. The van der Waals surface area contributed by atoms with Gasteiger partial charge in [-0.25, -0.2) is 0 Å². The van der Waals surface area contributed by atoms with E-state index in [4.69, 9.17) is 0 Å². The van der Waals surface area contributed by atoms with Gasteiger partial charge < -0.3 is 0 Å². The molecule has 0 aliphatic heterocycles. The molecule has 0 N–H and O–H groups in total. The molecule has 56 valence electrons. The SMILES string of the molecule is CC(C)(C)c1cnsc1Br. The summed E-state index contributed by atoms with van der Waals surface area (Å²) in [5.74, 6) is 0. The van der Waals surface area contributed by atoms with Gasteiger partial charge in [-0.15, -0.1) is 0 Å². The fraction of sp³-hybridized carbons (Fsp3) is 0.571. The molecule has 1 aromatic heterocycles. The van der Waals surface area contributed by atoms with E-state index >= 15 is 0 Å². The Morgan fingerprint density at radius 3 is 2.30 bits per heavy atom. The molecule has 1 aromatic rings. The summed E-state index contributed by atoms with van der Waals surface area (Å²) in [6.07, 6.45) is 1.93. The van der Waals surface area contributed by atoms with Crippen LogP contribution in [0.25, 0.3) is 0 Å². The zero-order valence-corrected chi connectivity index (χ0v) is 8.71. The van der Waals surface area contributed by atoms with Crippen molar-refractivity contribution < 1.29 is 0 Å². The Morgan fingerprint density at radius 1 is 1.50 bits per heavy atom. The van der Waals surface area contributed by atoms with Crippen molar-refractivity contribution in [2.24, 2.45) is 0 Å². The zero-order chi connectivity index (χ0) is 7.78. The Balaban J connectivity index is 3.05. The first-order valence-corrected chi connectivity index (χ1v) is 4.69. The molecule has 1 nitrogen and oxygen atoms in total. The van der Waals surface area contributed by atoms with Gasteiger partial charge in [-0.05, 0) is 32.9 Å². The van der Waals surface area contributed by atoms with Crippen LogP contribution in [0.3, 0.4) is 0 Å². The smallest absolute Gasteiger partial charge is 0.0942 e. The largest absolute Gasteiger partial charge is 0.200 e. The number of hydrogen-bond donors (Lipinski definition) is 0. The van der Waals surface area contributed by atoms with Gasteiger partial charge in [0, 0.05) is 11.8 Å². The Morgan fingerprint density at radius 2 is 2.10 bits per heavy atom. The lowest BCUT2D eigenvalue weighted by Crippen LogP contribution is -2.09. The van der Waals surface area contributed by atoms with E-state index in [0.29, 0.717) is 0 Å². The summed E-state index contributed by atoms with van der Waals surface area (Å²) in [5, 5.41) is 0. The van der Waals surface area contributed by atoms with E-state index < -0.39 is 0 Å². The lowest BCUT2D eigenvalue weighted by molar-refractivity contribution is 0.589. The van der Waals surface area contributed by atoms with Crippen molar-refractivity contribution in [2.75, 3.05) is 0 Å². The van der Waals surface area contributed by atoms with Crippen LogP contribution in [0.1, 0.15) is 26.3 Å². The van der Waals surface area contributed by atoms with Crippen LogP contribution in [-0.2, 0) is 5.41 Å². The molecule has 0 radical (unpaired) electrons. The van der Waals surface area contributed by atoms with Crippen molar-refractivity contribution in [3.63, 3.8) is 0 Å². The van der Waals surface area contributed by atoms with E-state index in [-0.39, 0.29) is 5.41 Å². The Hall–Kier alpha value is 0.110. The Kier molecular flexibility index (Phi) is 2.15. The molecule has 0 saturated carbocycles. The average molecular weight is 220 g/mol. The van der Waals surface area contributed by atoms with Crippen LogP contribution in [0.2, 0.25) is 0 Å². The second-order valence-electron chi connectivity index (χ2n) is 3.26. The number of rotatable bonds is 0. The highest BCUT2D eigenvalue weighted by molar-refractivity contribution is 9.11. The molecule has 3 heteroatoms. The first-order valence-electron chi connectivity index (χ1n) is 3.12. The Bertz CT molecular complexity index is 224. The molecule has 0 amide bonds. The van der Waals surface area contributed by atoms with E-state index in [1.807, 2.05) is 6.20 Å². The molecule has 1 rings (SSSR count). The minimum Gasteiger partial charge on any atom is -0.200 e. The highest BCUT2D eigenvalue weighted by atomic mass is 79.9. The fourth-order valence-corrected chi connectivity index (χ4v) is 2.37. The van der Waals surface area contributed by atoms with E-state index in [2.05, 4.69) is 41.1 Å². The molecular formula is C7H10BrNS. The van der Waals surface area contributed by atoms with Gasteiger partial charge >= 0.3 is 0 Å². The summed E-state index contributed by atoms with van der Waals surface area (Å²) in [7, 11) is 0. The zero-order valence-electron chi connectivity index (χ0n) is 6.31. The van der Waals surface area contributed by atoms with Crippen LogP contribution in [0.15, 0.2) is 9.98 Å². The molecular weight excluding hydrogens is 210 g/mol. The Labute approximate surface area is 73.8 Å². The summed E-state index contributed by atoms with van der Waals surface area (Å²) < 4.78 is 5.24. The maximum Gasteiger partial charge on any atom is 0.0942 e. The molecule has 0 unspecified atom stereocenters. The molecule has 0 atom stereocenters. The van der Waals surface area contributed by atoms with Crippen LogP contribution in [0, 0.1) is 0 Å². The van der Waals surface area contributed by atoms with Gasteiger partial charge in [0.25, 0.3) is 0 Å². The molecule has 0 aromatic carbocycles. The first kappa shape index (κ1) is 8.21.